The van der Waals surface area contributed by atoms with Crippen molar-refractivity contribution in [2.75, 3.05) is 38.2 Å². The molecule has 48 heteroatoms. The Morgan fingerprint density at radius 3 is 1.18 bits per heavy atom. The van der Waals surface area contributed by atoms with Crippen molar-refractivity contribution in [1.29, 1.82) is 0 Å². The van der Waals surface area contributed by atoms with E-state index in [-0.39, 0.29) is 115 Å². The van der Waals surface area contributed by atoms with Gasteiger partial charge in [0.15, 0.2) is 0 Å². The maximum absolute atomic E-state index is 14.6. The van der Waals surface area contributed by atoms with Gasteiger partial charge in [-0.05, 0) is 178 Å². The Balaban J connectivity index is 2.43. The molecule has 19 amide bonds. The van der Waals surface area contributed by atoms with Crippen LogP contribution >= 0.6 is 11.8 Å². The summed E-state index contributed by atoms with van der Waals surface area (Å²) in [7, 11) is 0. The lowest BCUT2D eigenvalue weighted by atomic mass is 9.97. The van der Waals surface area contributed by atoms with Gasteiger partial charge in [-0.2, -0.15) is 11.8 Å². The number of hydrogen-bond donors (Lipinski definition) is 24. The molecule has 0 aromatic rings. The van der Waals surface area contributed by atoms with E-state index in [1.807, 2.05) is 0 Å². The number of likely N-dealkylation sites (tertiary alicyclic amines) is 2. The summed E-state index contributed by atoms with van der Waals surface area (Å²) in [5, 5.41) is 76.2. The third-order valence-corrected chi connectivity index (χ3v) is 23.0. The Morgan fingerprint density at radius 1 is 0.376 bits per heavy atom. The van der Waals surface area contributed by atoms with Gasteiger partial charge in [0.2, 0.25) is 112 Å². The minimum absolute atomic E-state index is 0.0314. The summed E-state index contributed by atoms with van der Waals surface area (Å²) >= 11 is 1.24. The molecule has 0 unspecified atom stereocenters. The molecule has 2 aliphatic rings. The molecular formula is C85H148N22O25S. The van der Waals surface area contributed by atoms with Gasteiger partial charge in [-0.25, -0.2) is 4.79 Å². The van der Waals surface area contributed by atoms with Gasteiger partial charge >= 0.3 is 11.9 Å². The number of primary amides is 3. The van der Waals surface area contributed by atoms with Crippen molar-refractivity contribution in [2.45, 2.75) is 340 Å². The lowest BCUT2D eigenvalue weighted by molar-refractivity contribution is -0.145. The summed E-state index contributed by atoms with van der Waals surface area (Å²) in [4.78, 5) is 290. The van der Waals surface area contributed by atoms with Crippen LogP contribution in [0.25, 0.3) is 0 Å². The number of carboxylic acids is 2. The zero-order valence-electron chi connectivity index (χ0n) is 78.9. The maximum atomic E-state index is 14.6. The summed E-state index contributed by atoms with van der Waals surface area (Å²) in [6, 6.07) is -25.9. The van der Waals surface area contributed by atoms with Crippen molar-refractivity contribution < 1.29 is 121 Å². The van der Waals surface area contributed by atoms with Crippen LogP contribution in [0.2, 0.25) is 0 Å². The number of amides is 19. The predicted octanol–water partition coefficient (Wildman–Crippen LogP) is -6.32. The highest BCUT2D eigenvalue weighted by molar-refractivity contribution is 7.98. The Bertz CT molecular complexity index is 3970. The average molecular weight is 1910 g/mol. The van der Waals surface area contributed by atoms with Crippen LogP contribution in [-0.2, 0) is 101 Å². The second-order valence-corrected chi connectivity index (χ2v) is 36.7. The summed E-state index contributed by atoms with van der Waals surface area (Å²) in [6.07, 6.45) is -3.21. The van der Waals surface area contributed by atoms with Gasteiger partial charge in [-0.15, -0.1) is 0 Å². The molecule has 20 atom stereocenters. The van der Waals surface area contributed by atoms with Crippen molar-refractivity contribution in [3.8, 4) is 0 Å². The summed E-state index contributed by atoms with van der Waals surface area (Å²) in [5.74, 6) is -23.4. The van der Waals surface area contributed by atoms with Crippen LogP contribution in [-0.4, -0.2) is 308 Å². The largest absolute Gasteiger partial charge is 0.481 e. The van der Waals surface area contributed by atoms with Crippen molar-refractivity contribution in [2.24, 2.45) is 64.0 Å². The lowest BCUT2D eigenvalue weighted by Crippen LogP contribution is -2.63. The van der Waals surface area contributed by atoms with Gasteiger partial charge in [0.1, 0.15) is 96.7 Å². The van der Waals surface area contributed by atoms with Crippen LogP contribution in [0.5, 0.6) is 0 Å². The number of nitrogens with one attached hydrogen (secondary N) is 14. The molecule has 0 aliphatic carbocycles. The number of aliphatic carboxylic acids is 2. The van der Waals surface area contributed by atoms with Crippen molar-refractivity contribution in [1.82, 2.24) is 84.2 Å². The van der Waals surface area contributed by atoms with Crippen molar-refractivity contribution in [3.63, 3.8) is 0 Å². The third kappa shape index (κ3) is 41.6. The minimum atomic E-state index is -1.90. The highest BCUT2D eigenvalue weighted by Gasteiger charge is 2.45. The summed E-state index contributed by atoms with van der Waals surface area (Å²) in [6.45, 7) is 20.6. The number of aliphatic hydroxyl groups excluding tert-OH is 2. The molecule has 2 heterocycles. The van der Waals surface area contributed by atoms with Gasteiger partial charge in [-0.1, -0.05) is 75.7 Å². The van der Waals surface area contributed by atoms with Crippen LogP contribution in [0.4, 0.5) is 0 Å². The van der Waals surface area contributed by atoms with Gasteiger partial charge < -0.3 is 139 Å². The highest BCUT2D eigenvalue weighted by Crippen LogP contribution is 2.24. The number of aliphatic hydroxyl groups is 2. The molecule has 0 aromatic heterocycles. The molecule has 47 nitrogen and oxygen atoms in total. The Morgan fingerprint density at radius 2 is 0.737 bits per heavy atom. The smallest absolute Gasteiger partial charge is 0.326 e. The normalized spacial score (nSPS) is 17.8. The molecule has 0 aromatic carbocycles. The second kappa shape index (κ2) is 59.6. The van der Waals surface area contributed by atoms with E-state index >= 15 is 0 Å². The van der Waals surface area contributed by atoms with Crippen LogP contribution in [0.3, 0.4) is 0 Å². The molecule has 30 N–H and O–H groups in total. The first-order valence-electron chi connectivity index (χ1n) is 45.4. The van der Waals surface area contributed by atoms with Crippen molar-refractivity contribution >= 4 is 136 Å². The fourth-order valence-corrected chi connectivity index (χ4v) is 15.2. The first-order valence-corrected chi connectivity index (χ1v) is 46.8. The second-order valence-electron chi connectivity index (χ2n) is 35.7. The van der Waals surface area contributed by atoms with E-state index in [0.717, 1.165) is 13.8 Å². The number of nitrogens with zero attached hydrogens (tertiary/aromatic N) is 2. The zero-order valence-corrected chi connectivity index (χ0v) is 79.7. The predicted molar refractivity (Wildman–Crippen MR) is 486 cm³/mol. The SMILES string of the molecule is CC[C@H](C)[C@H](NC(=O)[C@@H]1CCCN1C(=O)[C@@H](N)CCC(=O)O)C(=O)N[C@@H](CC(N)=O)C(=O)N[C@@H](CCC(N)=O)C(=O)N[C@@H](C)C(=O)N[C@@H](CC(C)C)C(=O)N[C@H](C(=O)N[C@@H](CC(C)C)C(=O)N[C@@H](CCSC)C(=O)N[C@H](C(=O)N[C@@H](CCCCN)C(=O)N[C@@H](CC(N)=O)C(=O)N[C@H](C(=O)N[C@@H](CCCCN)C(=O)N1CCC[C@H]1C(=O)N[C@@H](CC(C)C)C(=O)O)C(C)C)[C@@H](C)O)[C@@H](C)O. The van der Waals surface area contributed by atoms with Gasteiger partial charge in [0.05, 0.1) is 31.1 Å². The molecule has 2 fully saturated rings. The maximum Gasteiger partial charge on any atom is 0.326 e. The number of carbonyl (C=O) groups is 21. The molecule has 133 heavy (non-hydrogen) atoms. The van der Waals surface area contributed by atoms with E-state index in [2.05, 4.69) is 74.4 Å². The molecule has 0 radical (unpaired) electrons. The average Bonchev–Trinajstić information content (AvgIpc) is 1.76. The monoisotopic (exact) mass is 1910 g/mol. The Kier molecular flexibility index (Phi) is 52.9. The van der Waals surface area contributed by atoms with Crippen molar-refractivity contribution in [3.05, 3.63) is 0 Å². The van der Waals surface area contributed by atoms with Crippen LogP contribution in [0.15, 0.2) is 0 Å². The van der Waals surface area contributed by atoms with E-state index in [1.165, 1.54) is 28.5 Å². The highest BCUT2D eigenvalue weighted by atomic mass is 32.2. The number of thioether (sulfide) groups is 1. The molecule has 2 aliphatic heterocycles. The van der Waals surface area contributed by atoms with Gasteiger partial charge in [0.25, 0.3) is 0 Å². The minimum Gasteiger partial charge on any atom is -0.481 e. The Hall–Kier alpha value is -11.0. The van der Waals surface area contributed by atoms with Crippen LogP contribution in [0.1, 0.15) is 225 Å². The van der Waals surface area contributed by atoms with Gasteiger partial charge in [-0.3, -0.25) is 95.9 Å². The molecular weight excluding hydrogens is 1760 g/mol. The third-order valence-electron chi connectivity index (χ3n) is 22.4. The molecule has 0 spiro atoms. The Labute approximate surface area is 779 Å². The summed E-state index contributed by atoms with van der Waals surface area (Å²) < 4.78 is 0. The van der Waals surface area contributed by atoms with E-state index < -0.39 is 295 Å². The first-order chi connectivity index (χ1) is 62.2. The zero-order chi connectivity index (χ0) is 101. The number of hydrogen-bond acceptors (Lipinski definition) is 27. The quantitative estimate of drug-likeness (QED) is 0.0252. The number of nitrogens with two attached hydrogens (primary N) is 6. The standard InChI is InChI=1S/C85H148N22O25S/c1-15-45(10)66(103-78(124)60-25-20-33-106(60)83(129)49(88)26-29-64(113)114)80(126)100-56(39-62(90)111)74(120)93-51(27-28-61(89)110)70(116)92-46(11)69(115)97-55(37-42(4)5)75(121)105-68(48(13)109)82(128)99-54(36-41(2)3)73(119)94-52(30-35-133-14)72(118)104-67(47(12)108)81(127)95-50(22-16-18-31-86)71(117)98-57(40-63(91)112)76(122)102-65(44(8)9)79(125)96-53(23-17-19-32-87)84(130)107-34-21-24-59(107)77(123)101-58(85(131)132)38-43(6)7/h41-60,65-68,108-109H,15-40,86-88H2,1-14H3,(H2,89,110)(H2,90,111)(H2,91,112)(H,92,116)(H,93,120)(H,94,119)(H,95,127)(H,96,125)(H,97,115)(H,98,117)(H,99,128)(H,100,126)(H,101,123)(H,102,122)(H,103,124)(H,104,118)(H,105,121)(H,113,114)(H,131,132)/t45-,46-,47+,48+,49-,50-,51-,52-,53-,54-,55-,56-,57-,58-,59-,60-,65-,66-,67-,68-/m0/s1. The van der Waals surface area contributed by atoms with Gasteiger partial charge in [0, 0.05) is 25.9 Å². The van der Waals surface area contributed by atoms with Crippen LogP contribution < -0.4 is 109 Å². The number of carboxylic acid groups (broad SMARTS) is 2. The van der Waals surface area contributed by atoms with E-state index in [1.54, 1.807) is 75.5 Å². The van der Waals surface area contributed by atoms with E-state index in [0.29, 0.717) is 25.7 Å². The first kappa shape index (κ1) is 118. The number of rotatable bonds is 63. The fourth-order valence-electron chi connectivity index (χ4n) is 14.8. The van der Waals surface area contributed by atoms with E-state index in [9.17, 15) is 116 Å². The molecule has 2 saturated heterocycles. The molecule has 0 saturated carbocycles. The number of unbranched alkanes of at least 4 members (excludes halogenated alkanes) is 2. The molecule has 0 bridgehead atoms. The van der Waals surface area contributed by atoms with E-state index in [4.69, 9.17) is 39.5 Å². The lowest BCUT2D eigenvalue weighted by Gasteiger charge is -2.31. The molecule has 2 rings (SSSR count). The fraction of sp³-hybridized carbons (Fsp3) is 0.753. The number of carbonyl (C=O) groups excluding carboxylic acids is 19. The topological polar surface area (TPSA) is 770 Å². The summed E-state index contributed by atoms with van der Waals surface area (Å²) in [5.41, 5.74) is 34.1. The molecule has 754 valence electrons. The van der Waals surface area contributed by atoms with Crippen LogP contribution in [0, 0.1) is 29.6 Å².